The van der Waals surface area contributed by atoms with Crippen LogP contribution in [0.3, 0.4) is 0 Å². The maximum absolute atomic E-state index is 9.48. The minimum Gasteiger partial charge on any atom is -0.394 e. The van der Waals surface area contributed by atoms with Crippen LogP contribution in [-0.4, -0.2) is 47.0 Å². The van der Waals surface area contributed by atoms with Gasteiger partial charge < -0.3 is 10.2 Å². The summed E-state index contributed by atoms with van der Waals surface area (Å²) in [4.78, 5) is 2.29. The molecule has 0 spiro atoms. The second-order valence-corrected chi connectivity index (χ2v) is 3.94. The zero-order valence-corrected chi connectivity index (χ0v) is 8.45. The standard InChI is InChI=1S/C10H21NO2/c1-9(10(13)8-12)11-6-4-2-3-5-7-11/h9-10,12-13H,2-8H2,1H3. The summed E-state index contributed by atoms with van der Waals surface area (Å²) >= 11 is 0. The Hall–Kier alpha value is -0.120. The molecule has 0 saturated carbocycles. The Kier molecular flexibility index (Phi) is 4.70. The number of aliphatic hydroxyl groups is 2. The molecule has 3 nitrogen and oxygen atoms in total. The predicted molar refractivity (Wildman–Crippen MR) is 52.6 cm³/mol. The van der Waals surface area contributed by atoms with Crippen LogP contribution >= 0.6 is 0 Å². The second-order valence-electron chi connectivity index (χ2n) is 3.94. The van der Waals surface area contributed by atoms with Crippen LogP contribution < -0.4 is 0 Å². The van der Waals surface area contributed by atoms with E-state index in [2.05, 4.69) is 4.90 Å². The topological polar surface area (TPSA) is 43.7 Å². The number of likely N-dealkylation sites (tertiary alicyclic amines) is 1. The summed E-state index contributed by atoms with van der Waals surface area (Å²) in [6.45, 7) is 4.00. The lowest BCUT2D eigenvalue weighted by atomic mass is 10.1. The van der Waals surface area contributed by atoms with Crippen LogP contribution in [0.2, 0.25) is 0 Å². The molecule has 1 aliphatic heterocycles. The van der Waals surface area contributed by atoms with Crippen LogP contribution in [-0.2, 0) is 0 Å². The fraction of sp³-hybridized carbons (Fsp3) is 1.00. The smallest absolute Gasteiger partial charge is 0.0922 e. The van der Waals surface area contributed by atoms with E-state index in [4.69, 9.17) is 5.11 Å². The number of nitrogens with zero attached hydrogens (tertiary/aromatic N) is 1. The molecule has 0 aromatic rings. The summed E-state index contributed by atoms with van der Waals surface area (Å²) in [6.07, 6.45) is 4.47. The third-order valence-electron chi connectivity index (χ3n) is 2.96. The maximum Gasteiger partial charge on any atom is 0.0922 e. The maximum atomic E-state index is 9.48. The van der Waals surface area contributed by atoms with Crippen molar-refractivity contribution in [2.24, 2.45) is 0 Å². The Morgan fingerprint density at radius 1 is 1.15 bits per heavy atom. The molecular formula is C10H21NO2. The first-order valence-electron chi connectivity index (χ1n) is 5.28. The molecule has 0 radical (unpaired) electrons. The van der Waals surface area contributed by atoms with Crippen molar-refractivity contribution in [2.75, 3.05) is 19.7 Å². The molecule has 0 aromatic carbocycles. The van der Waals surface area contributed by atoms with E-state index in [-0.39, 0.29) is 12.6 Å². The first-order valence-corrected chi connectivity index (χ1v) is 5.28. The third kappa shape index (κ3) is 3.25. The van der Waals surface area contributed by atoms with Gasteiger partial charge in [0.15, 0.2) is 0 Å². The van der Waals surface area contributed by atoms with Gasteiger partial charge in [0.1, 0.15) is 0 Å². The van der Waals surface area contributed by atoms with Crippen LogP contribution in [0, 0.1) is 0 Å². The Morgan fingerprint density at radius 2 is 1.69 bits per heavy atom. The van der Waals surface area contributed by atoms with Gasteiger partial charge in [0.05, 0.1) is 12.7 Å². The molecule has 0 amide bonds. The van der Waals surface area contributed by atoms with Gasteiger partial charge in [-0.3, -0.25) is 4.90 Å². The molecule has 2 atom stereocenters. The highest BCUT2D eigenvalue weighted by molar-refractivity contribution is 4.76. The predicted octanol–water partition coefficient (Wildman–Crippen LogP) is 0.604. The minimum absolute atomic E-state index is 0.100. The van der Waals surface area contributed by atoms with E-state index in [9.17, 15) is 5.11 Å². The van der Waals surface area contributed by atoms with Crippen molar-refractivity contribution in [3.63, 3.8) is 0 Å². The Labute approximate surface area is 80.4 Å². The fourth-order valence-electron chi connectivity index (χ4n) is 1.90. The molecule has 0 aromatic heterocycles. The molecule has 2 unspecified atom stereocenters. The van der Waals surface area contributed by atoms with Gasteiger partial charge in [-0.1, -0.05) is 12.8 Å². The van der Waals surface area contributed by atoms with Crippen molar-refractivity contribution in [2.45, 2.75) is 44.8 Å². The average Bonchev–Trinajstić information content (AvgIpc) is 2.43. The molecule has 1 aliphatic rings. The Balaban J connectivity index is 2.38. The first-order chi connectivity index (χ1) is 6.25. The van der Waals surface area contributed by atoms with E-state index in [1.54, 1.807) is 0 Å². The summed E-state index contributed by atoms with van der Waals surface area (Å²) in [5, 5.41) is 18.3. The van der Waals surface area contributed by atoms with Crippen LogP contribution in [0.25, 0.3) is 0 Å². The van der Waals surface area contributed by atoms with Crippen molar-refractivity contribution in [3.05, 3.63) is 0 Å². The quantitative estimate of drug-likeness (QED) is 0.680. The van der Waals surface area contributed by atoms with E-state index < -0.39 is 6.10 Å². The molecule has 1 saturated heterocycles. The van der Waals surface area contributed by atoms with E-state index >= 15 is 0 Å². The normalized spacial score (nSPS) is 25.2. The summed E-state index contributed by atoms with van der Waals surface area (Å²) in [5.41, 5.74) is 0. The van der Waals surface area contributed by atoms with Gasteiger partial charge >= 0.3 is 0 Å². The molecule has 1 rings (SSSR count). The first kappa shape index (κ1) is 11.0. The Bertz CT molecular complexity index is 133. The number of aliphatic hydroxyl groups excluding tert-OH is 2. The summed E-state index contributed by atoms with van der Waals surface area (Å²) < 4.78 is 0. The van der Waals surface area contributed by atoms with E-state index in [1.807, 2.05) is 6.92 Å². The molecular weight excluding hydrogens is 166 g/mol. The fourth-order valence-corrected chi connectivity index (χ4v) is 1.90. The van der Waals surface area contributed by atoms with Gasteiger partial charge in [-0.05, 0) is 32.9 Å². The molecule has 0 bridgehead atoms. The van der Waals surface area contributed by atoms with Crippen molar-refractivity contribution in [1.82, 2.24) is 4.90 Å². The van der Waals surface area contributed by atoms with Crippen molar-refractivity contribution >= 4 is 0 Å². The largest absolute Gasteiger partial charge is 0.394 e. The molecule has 2 N–H and O–H groups in total. The van der Waals surface area contributed by atoms with E-state index in [1.165, 1.54) is 25.7 Å². The van der Waals surface area contributed by atoms with Crippen molar-refractivity contribution in [1.29, 1.82) is 0 Å². The van der Waals surface area contributed by atoms with Gasteiger partial charge in [-0.2, -0.15) is 0 Å². The van der Waals surface area contributed by atoms with Gasteiger partial charge in [-0.25, -0.2) is 0 Å². The van der Waals surface area contributed by atoms with Crippen molar-refractivity contribution < 1.29 is 10.2 Å². The monoisotopic (exact) mass is 187 g/mol. The van der Waals surface area contributed by atoms with Gasteiger partial charge in [0.25, 0.3) is 0 Å². The molecule has 1 fully saturated rings. The average molecular weight is 187 g/mol. The van der Waals surface area contributed by atoms with Crippen LogP contribution in [0.5, 0.6) is 0 Å². The molecule has 0 aliphatic carbocycles. The zero-order valence-electron chi connectivity index (χ0n) is 8.45. The highest BCUT2D eigenvalue weighted by atomic mass is 16.3. The lowest BCUT2D eigenvalue weighted by Gasteiger charge is -2.30. The van der Waals surface area contributed by atoms with Gasteiger partial charge in [0, 0.05) is 6.04 Å². The van der Waals surface area contributed by atoms with Gasteiger partial charge in [-0.15, -0.1) is 0 Å². The summed E-state index contributed by atoms with van der Waals surface area (Å²) in [7, 11) is 0. The lowest BCUT2D eigenvalue weighted by molar-refractivity contribution is 0.0194. The van der Waals surface area contributed by atoms with Gasteiger partial charge in [0.2, 0.25) is 0 Å². The molecule has 13 heavy (non-hydrogen) atoms. The highest BCUT2D eigenvalue weighted by Crippen LogP contribution is 2.13. The number of hydrogen-bond acceptors (Lipinski definition) is 3. The summed E-state index contributed by atoms with van der Waals surface area (Å²) in [5.74, 6) is 0. The third-order valence-corrected chi connectivity index (χ3v) is 2.96. The number of rotatable bonds is 3. The highest BCUT2D eigenvalue weighted by Gasteiger charge is 2.21. The molecule has 1 heterocycles. The van der Waals surface area contributed by atoms with Crippen LogP contribution in [0.15, 0.2) is 0 Å². The molecule has 78 valence electrons. The lowest BCUT2D eigenvalue weighted by Crippen LogP contribution is -2.43. The SMILES string of the molecule is CC(C(O)CO)N1CCCCCC1. The minimum atomic E-state index is -0.585. The Morgan fingerprint density at radius 3 is 2.15 bits per heavy atom. The second kappa shape index (κ2) is 5.58. The number of hydrogen-bond donors (Lipinski definition) is 2. The van der Waals surface area contributed by atoms with Crippen LogP contribution in [0.4, 0.5) is 0 Å². The van der Waals surface area contributed by atoms with E-state index in [0.717, 1.165) is 13.1 Å². The van der Waals surface area contributed by atoms with Crippen molar-refractivity contribution in [3.8, 4) is 0 Å². The van der Waals surface area contributed by atoms with E-state index in [0.29, 0.717) is 0 Å². The summed E-state index contributed by atoms with van der Waals surface area (Å²) in [6, 6.07) is 0.100. The van der Waals surface area contributed by atoms with Crippen LogP contribution in [0.1, 0.15) is 32.6 Å². The molecule has 3 heteroatoms. The zero-order chi connectivity index (χ0) is 9.68.